The van der Waals surface area contributed by atoms with Crippen LogP contribution in [0.3, 0.4) is 0 Å². The van der Waals surface area contributed by atoms with Gasteiger partial charge in [-0.3, -0.25) is 0 Å². The van der Waals surface area contributed by atoms with Crippen molar-refractivity contribution in [3.8, 4) is 0 Å². The molecule has 0 aliphatic rings. The van der Waals surface area contributed by atoms with Crippen molar-refractivity contribution in [3.05, 3.63) is 29.9 Å². The van der Waals surface area contributed by atoms with Crippen LogP contribution in [-0.2, 0) is 24.1 Å². The standard InChI is InChI=1S/C11H16N4O2/c1-3-10-12-5-6-15(10)8-11-13-9(14-17-11)4-7-16-2/h5-6H,3-4,7-8H2,1-2H3. The molecule has 0 amide bonds. The molecule has 2 heterocycles. The summed E-state index contributed by atoms with van der Waals surface area (Å²) in [4.78, 5) is 8.53. The van der Waals surface area contributed by atoms with E-state index in [4.69, 9.17) is 9.26 Å². The first-order valence-corrected chi connectivity index (χ1v) is 5.64. The van der Waals surface area contributed by atoms with E-state index >= 15 is 0 Å². The summed E-state index contributed by atoms with van der Waals surface area (Å²) in [5.74, 6) is 2.30. The summed E-state index contributed by atoms with van der Waals surface area (Å²) in [6.45, 7) is 3.24. The second-order valence-electron chi connectivity index (χ2n) is 3.67. The van der Waals surface area contributed by atoms with E-state index in [1.54, 1.807) is 13.3 Å². The smallest absolute Gasteiger partial charge is 0.246 e. The number of imidazole rings is 1. The molecule has 2 aromatic rings. The molecule has 0 bridgehead atoms. The molecule has 92 valence electrons. The Balaban J connectivity index is 2.01. The molecule has 0 saturated heterocycles. The highest BCUT2D eigenvalue weighted by Crippen LogP contribution is 2.05. The van der Waals surface area contributed by atoms with Gasteiger partial charge in [-0.05, 0) is 0 Å². The van der Waals surface area contributed by atoms with Crippen LogP contribution in [0.1, 0.15) is 24.5 Å². The van der Waals surface area contributed by atoms with Crippen molar-refractivity contribution >= 4 is 0 Å². The number of aryl methyl sites for hydroxylation is 1. The van der Waals surface area contributed by atoms with Gasteiger partial charge in [0.25, 0.3) is 0 Å². The topological polar surface area (TPSA) is 66.0 Å². The maximum atomic E-state index is 5.17. The highest BCUT2D eigenvalue weighted by atomic mass is 16.5. The predicted molar refractivity (Wildman–Crippen MR) is 60.6 cm³/mol. The maximum absolute atomic E-state index is 5.17. The van der Waals surface area contributed by atoms with Gasteiger partial charge in [-0.2, -0.15) is 4.98 Å². The Morgan fingerprint density at radius 3 is 3.12 bits per heavy atom. The Morgan fingerprint density at radius 2 is 2.35 bits per heavy atom. The third-order valence-electron chi connectivity index (χ3n) is 2.46. The number of ether oxygens (including phenoxy) is 1. The summed E-state index contributed by atoms with van der Waals surface area (Å²) >= 11 is 0. The van der Waals surface area contributed by atoms with Crippen molar-refractivity contribution in [1.82, 2.24) is 19.7 Å². The summed E-state index contributed by atoms with van der Waals surface area (Å²) in [5, 5.41) is 3.89. The van der Waals surface area contributed by atoms with Gasteiger partial charge < -0.3 is 13.8 Å². The first kappa shape index (κ1) is 11.8. The van der Waals surface area contributed by atoms with Gasteiger partial charge in [0.05, 0.1) is 6.61 Å². The number of rotatable bonds is 6. The molecule has 17 heavy (non-hydrogen) atoms. The van der Waals surface area contributed by atoms with Crippen molar-refractivity contribution in [2.24, 2.45) is 0 Å². The predicted octanol–water partition coefficient (Wildman–Crippen LogP) is 1.07. The van der Waals surface area contributed by atoms with E-state index in [0.717, 1.165) is 12.2 Å². The number of hydrogen-bond acceptors (Lipinski definition) is 5. The number of hydrogen-bond donors (Lipinski definition) is 0. The molecule has 6 heteroatoms. The summed E-state index contributed by atoms with van der Waals surface area (Å²) < 4.78 is 12.1. The Kier molecular flexibility index (Phi) is 3.87. The van der Waals surface area contributed by atoms with Gasteiger partial charge in [0.2, 0.25) is 5.89 Å². The zero-order chi connectivity index (χ0) is 12.1. The van der Waals surface area contributed by atoms with E-state index < -0.39 is 0 Å². The van der Waals surface area contributed by atoms with E-state index in [2.05, 4.69) is 22.0 Å². The molecule has 0 radical (unpaired) electrons. The van der Waals surface area contributed by atoms with Crippen LogP contribution in [0.2, 0.25) is 0 Å². The zero-order valence-electron chi connectivity index (χ0n) is 10.1. The lowest BCUT2D eigenvalue weighted by Crippen LogP contribution is -2.04. The fourth-order valence-electron chi connectivity index (χ4n) is 1.59. The molecule has 0 aromatic carbocycles. The third-order valence-corrected chi connectivity index (χ3v) is 2.46. The van der Waals surface area contributed by atoms with Gasteiger partial charge in [0.15, 0.2) is 5.82 Å². The zero-order valence-corrected chi connectivity index (χ0v) is 10.1. The quantitative estimate of drug-likeness (QED) is 0.750. The molecule has 2 rings (SSSR count). The fraction of sp³-hybridized carbons (Fsp3) is 0.545. The van der Waals surface area contributed by atoms with Crippen LogP contribution in [0, 0.1) is 0 Å². The van der Waals surface area contributed by atoms with Crippen molar-refractivity contribution < 1.29 is 9.26 Å². The van der Waals surface area contributed by atoms with E-state index in [9.17, 15) is 0 Å². The van der Waals surface area contributed by atoms with Crippen molar-refractivity contribution in [2.75, 3.05) is 13.7 Å². The number of nitrogens with zero attached hydrogens (tertiary/aromatic N) is 4. The molecular formula is C11H16N4O2. The van der Waals surface area contributed by atoms with Crippen LogP contribution in [-0.4, -0.2) is 33.4 Å². The van der Waals surface area contributed by atoms with Crippen LogP contribution < -0.4 is 0 Å². The molecule has 0 spiro atoms. The van der Waals surface area contributed by atoms with E-state index in [1.165, 1.54) is 0 Å². The summed E-state index contributed by atoms with van der Waals surface area (Å²) in [6, 6.07) is 0. The van der Waals surface area contributed by atoms with Crippen molar-refractivity contribution in [3.63, 3.8) is 0 Å². The Bertz CT molecular complexity index is 463. The van der Waals surface area contributed by atoms with Crippen molar-refractivity contribution in [1.29, 1.82) is 0 Å². The largest absolute Gasteiger partial charge is 0.384 e. The molecule has 2 aromatic heterocycles. The summed E-state index contributed by atoms with van der Waals surface area (Å²) in [6.07, 6.45) is 5.25. The van der Waals surface area contributed by atoms with Crippen LogP contribution >= 0.6 is 0 Å². The minimum atomic E-state index is 0.573. The van der Waals surface area contributed by atoms with Gasteiger partial charge in [0, 0.05) is 32.3 Å². The van der Waals surface area contributed by atoms with Gasteiger partial charge in [-0.25, -0.2) is 4.98 Å². The Morgan fingerprint density at radius 1 is 1.47 bits per heavy atom. The molecule has 0 fully saturated rings. The lowest BCUT2D eigenvalue weighted by Gasteiger charge is -2.01. The van der Waals surface area contributed by atoms with E-state index in [-0.39, 0.29) is 0 Å². The summed E-state index contributed by atoms with van der Waals surface area (Å²) in [5.41, 5.74) is 0. The number of aromatic nitrogens is 4. The molecule has 0 N–H and O–H groups in total. The van der Waals surface area contributed by atoms with Crippen LogP contribution in [0.15, 0.2) is 16.9 Å². The fourth-order valence-corrected chi connectivity index (χ4v) is 1.59. The lowest BCUT2D eigenvalue weighted by atomic mass is 10.4. The Hall–Kier alpha value is -1.69. The summed E-state index contributed by atoms with van der Waals surface area (Å²) in [7, 11) is 1.65. The van der Waals surface area contributed by atoms with Crippen molar-refractivity contribution in [2.45, 2.75) is 26.3 Å². The van der Waals surface area contributed by atoms with Gasteiger partial charge in [-0.15, -0.1) is 0 Å². The van der Waals surface area contributed by atoms with E-state index in [0.29, 0.717) is 31.3 Å². The third kappa shape index (κ3) is 2.91. The second-order valence-corrected chi connectivity index (χ2v) is 3.67. The molecule has 0 aliphatic heterocycles. The molecule has 0 unspecified atom stereocenters. The second kappa shape index (κ2) is 5.58. The normalized spacial score (nSPS) is 10.9. The first-order valence-electron chi connectivity index (χ1n) is 5.64. The van der Waals surface area contributed by atoms with Crippen LogP contribution in [0.25, 0.3) is 0 Å². The molecular weight excluding hydrogens is 220 g/mol. The van der Waals surface area contributed by atoms with Crippen LogP contribution in [0.4, 0.5) is 0 Å². The van der Waals surface area contributed by atoms with Crippen LogP contribution in [0.5, 0.6) is 0 Å². The molecule has 0 atom stereocenters. The van der Waals surface area contributed by atoms with Gasteiger partial charge in [0.1, 0.15) is 12.4 Å². The minimum absolute atomic E-state index is 0.573. The molecule has 6 nitrogen and oxygen atoms in total. The van der Waals surface area contributed by atoms with E-state index in [1.807, 2.05) is 10.8 Å². The van der Waals surface area contributed by atoms with Gasteiger partial charge in [-0.1, -0.05) is 12.1 Å². The first-order chi connectivity index (χ1) is 8.33. The SMILES string of the molecule is CCc1nccn1Cc1nc(CCOC)no1. The highest BCUT2D eigenvalue weighted by molar-refractivity contribution is 4.96. The lowest BCUT2D eigenvalue weighted by molar-refractivity contribution is 0.199. The number of methoxy groups -OCH3 is 1. The highest BCUT2D eigenvalue weighted by Gasteiger charge is 2.08. The molecule has 0 saturated carbocycles. The maximum Gasteiger partial charge on any atom is 0.246 e. The van der Waals surface area contributed by atoms with Gasteiger partial charge >= 0.3 is 0 Å². The average Bonchev–Trinajstić information content (AvgIpc) is 2.96. The Labute approximate surface area is 99.6 Å². The molecule has 0 aliphatic carbocycles. The average molecular weight is 236 g/mol. The minimum Gasteiger partial charge on any atom is -0.384 e. The monoisotopic (exact) mass is 236 g/mol.